The maximum absolute atomic E-state index is 12.6. The first kappa shape index (κ1) is 18.2. The summed E-state index contributed by atoms with van der Waals surface area (Å²) >= 11 is 0. The molecule has 3 rings (SSSR count). The number of nitrogens with zero attached hydrogens (tertiary/aromatic N) is 3. The van der Waals surface area contributed by atoms with Crippen molar-refractivity contribution in [3.8, 4) is 5.75 Å². The summed E-state index contributed by atoms with van der Waals surface area (Å²) in [5.41, 5.74) is 1.79. The maximum atomic E-state index is 12.6. The van der Waals surface area contributed by atoms with E-state index in [0.29, 0.717) is 31.5 Å². The van der Waals surface area contributed by atoms with Crippen LogP contribution in [0.1, 0.15) is 35.2 Å². The van der Waals surface area contributed by atoms with Crippen molar-refractivity contribution in [2.75, 3.05) is 20.2 Å². The van der Waals surface area contributed by atoms with Crippen LogP contribution in [-0.4, -0.2) is 46.6 Å². The third-order valence-corrected chi connectivity index (χ3v) is 4.98. The van der Waals surface area contributed by atoms with Crippen LogP contribution in [0.15, 0.2) is 36.7 Å². The van der Waals surface area contributed by atoms with Crippen LogP contribution < -0.4 is 4.74 Å². The molecule has 0 radical (unpaired) electrons. The fourth-order valence-corrected chi connectivity index (χ4v) is 3.39. The number of carbonyl (C=O) groups excluding carboxylic acids is 2. The fourth-order valence-electron chi connectivity index (χ4n) is 3.39. The van der Waals surface area contributed by atoms with E-state index in [-0.39, 0.29) is 17.6 Å². The summed E-state index contributed by atoms with van der Waals surface area (Å²) in [4.78, 5) is 26.9. The normalized spacial score (nSPS) is 15.1. The minimum Gasteiger partial charge on any atom is -0.497 e. The molecule has 2 aromatic rings. The van der Waals surface area contributed by atoms with Crippen molar-refractivity contribution in [1.29, 1.82) is 0 Å². The van der Waals surface area contributed by atoms with Crippen molar-refractivity contribution in [3.63, 3.8) is 0 Å². The molecule has 26 heavy (non-hydrogen) atoms. The van der Waals surface area contributed by atoms with E-state index >= 15 is 0 Å². The summed E-state index contributed by atoms with van der Waals surface area (Å²) in [6, 6.07) is 7.24. The van der Waals surface area contributed by atoms with Crippen LogP contribution in [0, 0.1) is 5.92 Å². The number of Topliss-reactive ketones (excluding diaryl/α,β-unsaturated/α-hetero) is 1. The lowest BCUT2D eigenvalue weighted by molar-refractivity contribution is -0.132. The van der Waals surface area contributed by atoms with Gasteiger partial charge in [-0.25, -0.2) is 0 Å². The zero-order valence-electron chi connectivity index (χ0n) is 15.4. The van der Waals surface area contributed by atoms with Crippen LogP contribution in [0.5, 0.6) is 5.75 Å². The molecule has 1 aromatic carbocycles. The van der Waals surface area contributed by atoms with E-state index in [1.165, 1.54) is 0 Å². The van der Waals surface area contributed by atoms with Crippen molar-refractivity contribution in [2.24, 2.45) is 13.0 Å². The van der Waals surface area contributed by atoms with Crippen molar-refractivity contribution in [3.05, 3.63) is 47.8 Å². The number of hydrogen-bond donors (Lipinski definition) is 0. The van der Waals surface area contributed by atoms with Gasteiger partial charge in [-0.2, -0.15) is 5.10 Å². The summed E-state index contributed by atoms with van der Waals surface area (Å²) in [5.74, 6) is 1.06. The van der Waals surface area contributed by atoms with Gasteiger partial charge < -0.3 is 9.64 Å². The molecule has 0 N–H and O–H groups in total. The molecule has 1 aromatic heterocycles. The number of aromatic nitrogens is 2. The first-order valence-electron chi connectivity index (χ1n) is 9.00. The molecule has 1 aliphatic heterocycles. The van der Waals surface area contributed by atoms with E-state index in [1.54, 1.807) is 18.0 Å². The monoisotopic (exact) mass is 355 g/mol. The first-order chi connectivity index (χ1) is 12.6. The summed E-state index contributed by atoms with van der Waals surface area (Å²) in [6.07, 6.45) is 6.38. The molecule has 1 amide bonds. The Kier molecular flexibility index (Phi) is 5.71. The van der Waals surface area contributed by atoms with Gasteiger partial charge in [-0.3, -0.25) is 14.3 Å². The largest absolute Gasteiger partial charge is 0.497 e. The SMILES string of the molecule is COc1ccc(C(=O)C2CCN(C(=O)CCc3cnn(C)c3)CC2)cc1. The highest BCUT2D eigenvalue weighted by molar-refractivity contribution is 5.98. The third kappa shape index (κ3) is 4.31. The van der Waals surface area contributed by atoms with Gasteiger partial charge in [0.2, 0.25) is 5.91 Å². The van der Waals surface area contributed by atoms with Gasteiger partial charge in [0.05, 0.1) is 13.3 Å². The Morgan fingerprint density at radius 3 is 2.46 bits per heavy atom. The number of ether oxygens (including phenoxy) is 1. The second-order valence-electron chi connectivity index (χ2n) is 6.77. The molecular formula is C20H25N3O3. The minimum atomic E-state index is -0.00855. The van der Waals surface area contributed by atoms with Crippen molar-refractivity contribution in [1.82, 2.24) is 14.7 Å². The van der Waals surface area contributed by atoms with Gasteiger partial charge in [0.1, 0.15) is 5.75 Å². The molecule has 6 nitrogen and oxygen atoms in total. The fraction of sp³-hybridized carbons (Fsp3) is 0.450. The van der Waals surface area contributed by atoms with Gasteiger partial charge in [0, 0.05) is 44.2 Å². The highest BCUT2D eigenvalue weighted by Crippen LogP contribution is 2.23. The average Bonchev–Trinajstić information content (AvgIpc) is 3.11. The maximum Gasteiger partial charge on any atom is 0.222 e. The average molecular weight is 355 g/mol. The van der Waals surface area contributed by atoms with E-state index in [9.17, 15) is 9.59 Å². The number of rotatable bonds is 6. The Morgan fingerprint density at radius 1 is 1.19 bits per heavy atom. The molecule has 0 spiro atoms. The lowest BCUT2D eigenvalue weighted by atomic mass is 9.88. The van der Waals surface area contributed by atoms with Gasteiger partial charge >= 0.3 is 0 Å². The highest BCUT2D eigenvalue weighted by atomic mass is 16.5. The Morgan fingerprint density at radius 2 is 1.88 bits per heavy atom. The molecule has 6 heteroatoms. The Labute approximate surface area is 153 Å². The van der Waals surface area contributed by atoms with E-state index < -0.39 is 0 Å². The van der Waals surface area contributed by atoms with E-state index in [2.05, 4.69) is 5.10 Å². The number of piperidine rings is 1. The number of likely N-dealkylation sites (tertiary alicyclic amines) is 1. The molecule has 0 bridgehead atoms. The quantitative estimate of drug-likeness (QED) is 0.747. The Bertz CT molecular complexity index is 759. The molecule has 2 heterocycles. The molecular weight excluding hydrogens is 330 g/mol. The second-order valence-corrected chi connectivity index (χ2v) is 6.77. The van der Waals surface area contributed by atoms with Crippen LogP contribution >= 0.6 is 0 Å². The Hall–Kier alpha value is -2.63. The Balaban J connectivity index is 1.48. The van der Waals surface area contributed by atoms with Gasteiger partial charge in [-0.1, -0.05) is 0 Å². The minimum absolute atomic E-state index is 0.00855. The standard InChI is InChI=1S/C20H25N3O3/c1-22-14-15(13-21-22)3-8-19(24)23-11-9-17(10-12-23)20(25)16-4-6-18(26-2)7-5-16/h4-7,13-14,17H,3,8-12H2,1-2H3. The van der Waals surface area contributed by atoms with E-state index in [0.717, 1.165) is 24.2 Å². The zero-order valence-corrected chi connectivity index (χ0v) is 15.4. The first-order valence-corrected chi connectivity index (χ1v) is 9.00. The van der Waals surface area contributed by atoms with Gasteiger partial charge in [-0.05, 0) is 49.1 Å². The third-order valence-electron chi connectivity index (χ3n) is 4.98. The zero-order chi connectivity index (χ0) is 18.5. The van der Waals surface area contributed by atoms with Crippen LogP contribution in [0.4, 0.5) is 0 Å². The number of aryl methyl sites for hydroxylation is 2. The molecule has 1 saturated heterocycles. The summed E-state index contributed by atoms with van der Waals surface area (Å²) < 4.78 is 6.88. The highest BCUT2D eigenvalue weighted by Gasteiger charge is 2.27. The van der Waals surface area contributed by atoms with Crippen LogP contribution in [-0.2, 0) is 18.3 Å². The van der Waals surface area contributed by atoms with Crippen molar-refractivity contribution >= 4 is 11.7 Å². The second kappa shape index (κ2) is 8.17. The number of carbonyl (C=O) groups is 2. The van der Waals surface area contributed by atoms with Crippen LogP contribution in [0.3, 0.4) is 0 Å². The number of ketones is 1. The number of amides is 1. The predicted molar refractivity (Wildman–Crippen MR) is 98.2 cm³/mol. The molecule has 0 saturated carbocycles. The van der Waals surface area contributed by atoms with Gasteiger partial charge in [-0.15, -0.1) is 0 Å². The number of methoxy groups -OCH3 is 1. The topological polar surface area (TPSA) is 64.4 Å². The van der Waals surface area contributed by atoms with Crippen molar-refractivity contribution in [2.45, 2.75) is 25.7 Å². The number of hydrogen-bond acceptors (Lipinski definition) is 4. The molecule has 0 unspecified atom stereocenters. The summed E-state index contributed by atoms with van der Waals surface area (Å²) in [5, 5.41) is 4.12. The summed E-state index contributed by atoms with van der Waals surface area (Å²) in [6.45, 7) is 1.30. The molecule has 138 valence electrons. The lowest BCUT2D eigenvalue weighted by Crippen LogP contribution is -2.40. The van der Waals surface area contributed by atoms with Gasteiger partial charge in [0.25, 0.3) is 0 Å². The van der Waals surface area contributed by atoms with Gasteiger partial charge in [0.15, 0.2) is 5.78 Å². The lowest BCUT2D eigenvalue weighted by Gasteiger charge is -2.31. The molecule has 1 aliphatic rings. The number of benzene rings is 1. The predicted octanol–water partition coefficient (Wildman–Crippen LogP) is 2.48. The smallest absolute Gasteiger partial charge is 0.222 e. The van der Waals surface area contributed by atoms with Crippen LogP contribution in [0.25, 0.3) is 0 Å². The van der Waals surface area contributed by atoms with E-state index in [1.807, 2.05) is 42.4 Å². The molecule has 1 fully saturated rings. The molecule has 0 atom stereocenters. The summed E-state index contributed by atoms with van der Waals surface area (Å²) in [7, 11) is 3.48. The molecule has 0 aliphatic carbocycles. The van der Waals surface area contributed by atoms with Crippen LogP contribution in [0.2, 0.25) is 0 Å². The van der Waals surface area contributed by atoms with E-state index in [4.69, 9.17) is 4.74 Å². The van der Waals surface area contributed by atoms with Crippen molar-refractivity contribution < 1.29 is 14.3 Å².